The van der Waals surface area contributed by atoms with Gasteiger partial charge in [-0.15, -0.1) is 0 Å². The Morgan fingerprint density at radius 1 is 1.13 bits per heavy atom. The summed E-state index contributed by atoms with van der Waals surface area (Å²) >= 11 is 0. The number of rotatable bonds is 4. The Kier molecular flexibility index (Phi) is 4.67. The van der Waals surface area contributed by atoms with Crippen LogP contribution in [0.3, 0.4) is 0 Å². The van der Waals surface area contributed by atoms with Gasteiger partial charge in [0.1, 0.15) is 5.82 Å². The van der Waals surface area contributed by atoms with Crippen LogP contribution in [-0.2, 0) is 6.54 Å². The first-order valence-corrected chi connectivity index (χ1v) is 7.79. The molecule has 0 saturated carbocycles. The number of likely N-dealkylation sites (tertiary alicyclic amines) is 1. The predicted molar refractivity (Wildman–Crippen MR) is 86.3 cm³/mol. The first kappa shape index (κ1) is 15.6. The molecular weight excluding hydrogens is 295 g/mol. The normalized spacial score (nSPS) is 22.0. The molecule has 2 atom stereocenters. The molecule has 1 aliphatic heterocycles. The van der Waals surface area contributed by atoms with E-state index in [-0.39, 0.29) is 16.7 Å². The largest absolute Gasteiger partial charge is 0.292 e. The van der Waals surface area contributed by atoms with Gasteiger partial charge in [0, 0.05) is 11.5 Å². The van der Waals surface area contributed by atoms with Gasteiger partial charge < -0.3 is 0 Å². The van der Waals surface area contributed by atoms with Crippen LogP contribution < -0.4 is 0 Å². The van der Waals surface area contributed by atoms with E-state index in [0.717, 1.165) is 12.1 Å². The van der Waals surface area contributed by atoms with Crippen molar-refractivity contribution in [2.75, 3.05) is 13.1 Å². The topological polar surface area (TPSA) is 46.4 Å². The lowest BCUT2D eigenvalue weighted by Crippen LogP contribution is -2.46. The molecule has 4 nitrogen and oxygen atoms in total. The van der Waals surface area contributed by atoms with Gasteiger partial charge in [-0.1, -0.05) is 48.5 Å². The Balaban J connectivity index is 1.76. The van der Waals surface area contributed by atoms with E-state index in [1.54, 1.807) is 18.2 Å². The fourth-order valence-electron chi connectivity index (χ4n) is 3.33. The highest BCUT2D eigenvalue weighted by molar-refractivity contribution is 5.24. The van der Waals surface area contributed by atoms with E-state index in [9.17, 15) is 14.5 Å². The van der Waals surface area contributed by atoms with Crippen molar-refractivity contribution in [3.05, 3.63) is 81.7 Å². The van der Waals surface area contributed by atoms with E-state index in [0.29, 0.717) is 25.1 Å². The van der Waals surface area contributed by atoms with Crippen LogP contribution in [0.1, 0.15) is 23.5 Å². The van der Waals surface area contributed by atoms with Crippen molar-refractivity contribution in [3.8, 4) is 0 Å². The minimum absolute atomic E-state index is 0.256. The highest BCUT2D eigenvalue weighted by Gasteiger charge is 2.39. The molecule has 0 aliphatic carbocycles. The molecule has 5 heteroatoms. The maximum atomic E-state index is 14.0. The van der Waals surface area contributed by atoms with Crippen molar-refractivity contribution in [2.24, 2.45) is 0 Å². The van der Waals surface area contributed by atoms with Gasteiger partial charge in [0.15, 0.2) is 0 Å². The molecule has 1 saturated heterocycles. The monoisotopic (exact) mass is 314 g/mol. The third-order valence-electron chi connectivity index (χ3n) is 4.49. The molecule has 23 heavy (non-hydrogen) atoms. The molecule has 1 fully saturated rings. The van der Waals surface area contributed by atoms with Crippen LogP contribution >= 0.6 is 0 Å². The quantitative estimate of drug-likeness (QED) is 0.641. The van der Waals surface area contributed by atoms with Crippen LogP contribution in [0.5, 0.6) is 0 Å². The number of hydrogen-bond donors (Lipinski definition) is 0. The molecular formula is C18H19FN2O2. The van der Waals surface area contributed by atoms with Gasteiger partial charge in [0.25, 0.3) is 0 Å². The fourth-order valence-corrected chi connectivity index (χ4v) is 3.33. The average molecular weight is 314 g/mol. The highest BCUT2D eigenvalue weighted by atomic mass is 19.1. The number of benzene rings is 2. The molecule has 120 valence electrons. The minimum atomic E-state index is -0.774. The van der Waals surface area contributed by atoms with E-state index in [1.165, 1.54) is 6.07 Å². The standard InChI is InChI=1S/C18H19FN2O2/c19-17-9-5-4-8-15(17)16-10-11-20(13-18(16)21(22)23)12-14-6-2-1-3-7-14/h1-9,16,18H,10-13H2/t16-,18+/m1/s1. The fraction of sp³-hybridized carbons (Fsp3) is 0.333. The Morgan fingerprint density at radius 3 is 2.52 bits per heavy atom. The number of hydrogen-bond acceptors (Lipinski definition) is 3. The second kappa shape index (κ2) is 6.87. The molecule has 0 aromatic heterocycles. The summed E-state index contributed by atoms with van der Waals surface area (Å²) in [4.78, 5) is 13.3. The molecule has 2 aromatic carbocycles. The highest BCUT2D eigenvalue weighted by Crippen LogP contribution is 2.32. The van der Waals surface area contributed by atoms with Gasteiger partial charge in [0.2, 0.25) is 6.04 Å². The molecule has 0 spiro atoms. The third-order valence-corrected chi connectivity index (χ3v) is 4.49. The maximum Gasteiger partial charge on any atom is 0.232 e. The van der Waals surface area contributed by atoms with Gasteiger partial charge in [-0.3, -0.25) is 15.0 Å². The van der Waals surface area contributed by atoms with Crippen LogP contribution in [0.4, 0.5) is 4.39 Å². The summed E-state index contributed by atoms with van der Waals surface area (Å²) in [6.45, 7) is 1.77. The lowest BCUT2D eigenvalue weighted by molar-refractivity contribution is -0.530. The van der Waals surface area contributed by atoms with Crippen LogP contribution in [0.2, 0.25) is 0 Å². The van der Waals surface area contributed by atoms with E-state index in [1.807, 2.05) is 30.3 Å². The first-order chi connectivity index (χ1) is 11.1. The number of piperidine rings is 1. The predicted octanol–water partition coefficient (Wildman–Crippen LogP) is 3.46. The van der Waals surface area contributed by atoms with Crippen LogP contribution in [0, 0.1) is 15.9 Å². The Morgan fingerprint density at radius 2 is 1.83 bits per heavy atom. The molecule has 0 radical (unpaired) electrons. The van der Waals surface area contributed by atoms with Crippen molar-refractivity contribution in [3.63, 3.8) is 0 Å². The van der Waals surface area contributed by atoms with Gasteiger partial charge >= 0.3 is 0 Å². The molecule has 0 bridgehead atoms. The minimum Gasteiger partial charge on any atom is -0.292 e. The number of nitro groups is 1. The van der Waals surface area contributed by atoms with Crippen molar-refractivity contribution in [2.45, 2.75) is 24.9 Å². The van der Waals surface area contributed by atoms with E-state index in [2.05, 4.69) is 4.90 Å². The van der Waals surface area contributed by atoms with Crippen molar-refractivity contribution in [1.29, 1.82) is 0 Å². The zero-order valence-corrected chi connectivity index (χ0v) is 12.8. The Bertz CT molecular complexity index is 678. The molecule has 1 aliphatic rings. The van der Waals surface area contributed by atoms with Gasteiger partial charge in [-0.25, -0.2) is 4.39 Å². The van der Waals surface area contributed by atoms with E-state index in [4.69, 9.17) is 0 Å². The van der Waals surface area contributed by atoms with Crippen LogP contribution in [0.15, 0.2) is 54.6 Å². The van der Waals surface area contributed by atoms with Crippen molar-refractivity contribution < 1.29 is 9.31 Å². The summed E-state index contributed by atoms with van der Waals surface area (Å²) in [6.07, 6.45) is 0.597. The lowest BCUT2D eigenvalue weighted by atomic mass is 9.85. The Hall–Kier alpha value is -2.27. The average Bonchev–Trinajstić information content (AvgIpc) is 2.56. The third kappa shape index (κ3) is 3.56. The number of halogens is 1. The summed E-state index contributed by atoms with van der Waals surface area (Å²) < 4.78 is 14.0. The maximum absolute atomic E-state index is 14.0. The summed E-state index contributed by atoms with van der Waals surface area (Å²) in [5.41, 5.74) is 1.60. The Labute approximate surface area is 134 Å². The summed E-state index contributed by atoms with van der Waals surface area (Å²) in [5.74, 6) is -0.709. The smallest absolute Gasteiger partial charge is 0.232 e. The molecule has 3 rings (SSSR count). The van der Waals surface area contributed by atoms with Crippen molar-refractivity contribution >= 4 is 0 Å². The molecule has 1 heterocycles. The molecule has 2 aromatic rings. The molecule has 0 amide bonds. The van der Waals surface area contributed by atoms with Crippen molar-refractivity contribution in [1.82, 2.24) is 4.90 Å². The van der Waals surface area contributed by atoms with Gasteiger partial charge in [-0.2, -0.15) is 0 Å². The summed E-state index contributed by atoms with van der Waals surface area (Å²) in [5, 5.41) is 11.5. The zero-order chi connectivity index (χ0) is 16.2. The lowest BCUT2D eigenvalue weighted by Gasteiger charge is -2.34. The van der Waals surface area contributed by atoms with Crippen LogP contribution in [-0.4, -0.2) is 29.0 Å². The van der Waals surface area contributed by atoms with E-state index < -0.39 is 6.04 Å². The molecule has 0 unspecified atom stereocenters. The van der Waals surface area contributed by atoms with Gasteiger partial charge in [0.05, 0.1) is 12.5 Å². The van der Waals surface area contributed by atoms with Gasteiger partial charge in [-0.05, 0) is 30.2 Å². The molecule has 0 N–H and O–H groups in total. The summed E-state index contributed by atoms with van der Waals surface area (Å²) in [6, 6.07) is 15.5. The number of nitrogens with zero attached hydrogens (tertiary/aromatic N) is 2. The first-order valence-electron chi connectivity index (χ1n) is 7.79. The zero-order valence-electron chi connectivity index (χ0n) is 12.8. The second-order valence-electron chi connectivity index (χ2n) is 5.99. The second-order valence-corrected chi connectivity index (χ2v) is 5.99. The van der Waals surface area contributed by atoms with E-state index >= 15 is 0 Å². The van der Waals surface area contributed by atoms with Crippen LogP contribution in [0.25, 0.3) is 0 Å². The SMILES string of the molecule is O=[N+]([O-])[C@H]1CN(Cc2ccccc2)CC[C@@H]1c1ccccc1F. The summed E-state index contributed by atoms with van der Waals surface area (Å²) in [7, 11) is 0.